The van der Waals surface area contributed by atoms with Crippen molar-refractivity contribution in [2.45, 2.75) is 49.5 Å². The summed E-state index contributed by atoms with van der Waals surface area (Å²) in [7, 11) is -3.50. The highest BCUT2D eigenvalue weighted by Gasteiger charge is 2.35. The fourth-order valence-electron chi connectivity index (χ4n) is 5.19. The molecule has 2 amide bonds. The normalized spacial score (nSPS) is 15.0. The third-order valence-corrected chi connectivity index (χ3v) is 8.29. The Morgan fingerprint density at radius 1 is 1.07 bits per heavy atom. The first-order chi connectivity index (χ1) is 20.3. The third kappa shape index (κ3) is 6.75. The minimum atomic E-state index is -3.50. The van der Waals surface area contributed by atoms with Gasteiger partial charge in [0.2, 0.25) is 12.3 Å². The molecule has 1 aliphatic heterocycles. The second-order valence-corrected chi connectivity index (χ2v) is 13.2. The van der Waals surface area contributed by atoms with E-state index in [1.54, 1.807) is 12.1 Å². The number of hydrogen-bond donors (Lipinski definition) is 4. The number of H-pyrrole nitrogens is 1. The third-order valence-electron chi connectivity index (χ3n) is 7.16. The minimum Gasteiger partial charge on any atom is -0.356 e. The van der Waals surface area contributed by atoms with Crippen molar-refractivity contribution in [3.05, 3.63) is 89.7 Å². The molecule has 2 aromatic heterocycles. The Bertz CT molecular complexity index is 1770. The Morgan fingerprint density at radius 3 is 2.42 bits per heavy atom. The number of pyridine rings is 1. The molecule has 0 saturated heterocycles. The van der Waals surface area contributed by atoms with Gasteiger partial charge in [0.15, 0.2) is 9.84 Å². The van der Waals surface area contributed by atoms with Gasteiger partial charge in [0.05, 0.1) is 27.8 Å². The summed E-state index contributed by atoms with van der Waals surface area (Å²) in [6.07, 6.45) is -0.470. The van der Waals surface area contributed by atoms with E-state index in [0.717, 1.165) is 17.6 Å². The average molecular weight is 608 g/mol. The Balaban J connectivity index is 1.48. The van der Waals surface area contributed by atoms with Crippen LogP contribution in [0.3, 0.4) is 0 Å². The number of carbonyl (C=O) groups is 2. The summed E-state index contributed by atoms with van der Waals surface area (Å²) in [4.78, 5) is 34.1. The van der Waals surface area contributed by atoms with Crippen LogP contribution in [0.4, 0.5) is 26.0 Å². The first kappa shape index (κ1) is 29.9. The summed E-state index contributed by atoms with van der Waals surface area (Å²) in [6.45, 7) is 3.87. The number of benzene rings is 2. The van der Waals surface area contributed by atoms with Gasteiger partial charge >= 0.3 is 0 Å². The number of rotatable bonds is 9. The van der Waals surface area contributed by atoms with E-state index in [1.165, 1.54) is 30.5 Å². The number of nitrogens with zero attached hydrogens (tertiary/aromatic N) is 1. The second kappa shape index (κ2) is 11.6. The first-order valence-electron chi connectivity index (χ1n) is 13.6. The van der Waals surface area contributed by atoms with Crippen LogP contribution in [-0.2, 0) is 21.1 Å². The van der Waals surface area contributed by atoms with Crippen LogP contribution in [0.2, 0.25) is 0 Å². The van der Waals surface area contributed by atoms with Crippen LogP contribution in [0.5, 0.6) is 0 Å². The number of aromatic nitrogens is 2. The number of amides is 2. The smallest absolute Gasteiger partial charge is 0.255 e. The SMILES string of the molecule is CC1(C)Cc2[nH]c(-c3ccnc(NC(=O)C(CC(F)F)c4ccc(S(C)(=O)=O)cc4)c3)c(Nc3ccccc3)c2C(=O)N1. The molecule has 0 spiro atoms. The fourth-order valence-corrected chi connectivity index (χ4v) is 5.82. The highest BCUT2D eigenvalue weighted by molar-refractivity contribution is 7.90. The van der Waals surface area contributed by atoms with Crippen LogP contribution < -0.4 is 16.0 Å². The summed E-state index contributed by atoms with van der Waals surface area (Å²) in [5.41, 5.74) is 3.54. The lowest BCUT2D eigenvalue weighted by atomic mass is 9.91. The lowest BCUT2D eigenvalue weighted by Gasteiger charge is -2.30. The van der Waals surface area contributed by atoms with Crippen molar-refractivity contribution in [1.82, 2.24) is 15.3 Å². The summed E-state index contributed by atoms with van der Waals surface area (Å²) in [6, 6.07) is 18.0. The van der Waals surface area contributed by atoms with Crippen molar-refractivity contribution in [1.29, 1.82) is 0 Å². The summed E-state index contributed by atoms with van der Waals surface area (Å²) < 4.78 is 50.7. The maximum atomic E-state index is 13.5. The highest BCUT2D eigenvalue weighted by Crippen LogP contribution is 2.39. The zero-order valence-corrected chi connectivity index (χ0v) is 24.6. The molecule has 0 radical (unpaired) electrons. The van der Waals surface area contributed by atoms with Crippen molar-refractivity contribution < 1.29 is 26.8 Å². The molecule has 2 aromatic carbocycles. The van der Waals surface area contributed by atoms with E-state index in [0.29, 0.717) is 28.9 Å². The molecule has 12 heteroatoms. The predicted octanol–water partition coefficient (Wildman–Crippen LogP) is 5.67. The van der Waals surface area contributed by atoms with Crippen molar-refractivity contribution in [3.8, 4) is 11.3 Å². The van der Waals surface area contributed by atoms with E-state index in [-0.39, 0.29) is 22.2 Å². The van der Waals surface area contributed by atoms with Crippen LogP contribution >= 0.6 is 0 Å². The molecular weight excluding hydrogens is 576 g/mol. The number of fused-ring (bicyclic) bond motifs is 1. The van der Waals surface area contributed by atoms with Gasteiger partial charge in [-0.1, -0.05) is 30.3 Å². The van der Waals surface area contributed by atoms with Gasteiger partial charge in [-0.15, -0.1) is 0 Å². The van der Waals surface area contributed by atoms with Crippen LogP contribution in [-0.4, -0.2) is 48.4 Å². The maximum Gasteiger partial charge on any atom is 0.255 e. The number of hydrogen-bond acceptors (Lipinski definition) is 6. The molecule has 1 atom stereocenters. The zero-order valence-electron chi connectivity index (χ0n) is 23.7. The van der Waals surface area contributed by atoms with Gasteiger partial charge in [-0.2, -0.15) is 0 Å². The Morgan fingerprint density at radius 2 is 1.77 bits per heavy atom. The van der Waals surface area contributed by atoms with Crippen LogP contribution in [0.15, 0.2) is 77.8 Å². The topological polar surface area (TPSA) is 133 Å². The quantitative estimate of drug-likeness (QED) is 0.194. The van der Waals surface area contributed by atoms with Gasteiger partial charge in [0.25, 0.3) is 5.91 Å². The van der Waals surface area contributed by atoms with Crippen molar-refractivity contribution in [3.63, 3.8) is 0 Å². The molecule has 224 valence electrons. The predicted molar refractivity (Wildman–Crippen MR) is 161 cm³/mol. The van der Waals surface area contributed by atoms with Crippen molar-refractivity contribution in [2.24, 2.45) is 0 Å². The van der Waals surface area contributed by atoms with Gasteiger partial charge < -0.3 is 20.9 Å². The van der Waals surface area contributed by atoms with Crippen molar-refractivity contribution >= 4 is 38.8 Å². The van der Waals surface area contributed by atoms with E-state index < -0.39 is 40.0 Å². The molecule has 4 N–H and O–H groups in total. The Hall–Kier alpha value is -4.58. The fraction of sp³-hybridized carbons (Fsp3) is 0.258. The molecule has 4 aromatic rings. The van der Waals surface area contributed by atoms with Gasteiger partial charge in [0.1, 0.15) is 5.82 Å². The molecule has 3 heterocycles. The number of sulfone groups is 1. The van der Waals surface area contributed by atoms with Crippen LogP contribution in [0.25, 0.3) is 11.3 Å². The van der Waals surface area contributed by atoms with Gasteiger partial charge in [-0.05, 0) is 55.8 Å². The van der Waals surface area contributed by atoms with Crippen LogP contribution in [0, 0.1) is 0 Å². The summed E-state index contributed by atoms with van der Waals surface area (Å²) in [5.74, 6) is -2.08. The molecule has 5 rings (SSSR count). The number of alkyl halides is 2. The lowest BCUT2D eigenvalue weighted by molar-refractivity contribution is -0.118. The van der Waals surface area contributed by atoms with E-state index in [9.17, 15) is 26.8 Å². The number of para-hydroxylation sites is 1. The van der Waals surface area contributed by atoms with Gasteiger partial charge in [-0.3, -0.25) is 9.59 Å². The minimum absolute atomic E-state index is 0.0208. The number of halogens is 2. The molecule has 0 fully saturated rings. The van der Waals surface area contributed by atoms with Crippen LogP contribution in [0.1, 0.15) is 47.8 Å². The lowest BCUT2D eigenvalue weighted by Crippen LogP contribution is -2.49. The standard InChI is InChI=1S/C31H31F2N5O4S/c1-31(2)17-23-26(30(40)38-31)28(35-20-7-5-4-6-8-20)27(36-23)19-13-14-34-25(15-19)37-29(39)22(16-24(32)33)18-9-11-21(12-10-18)43(3,41)42/h4-15,22,24,35-36H,16-17H2,1-3H3,(H,38,40)(H,34,37,39). The Kier molecular flexibility index (Phi) is 8.06. The zero-order chi connectivity index (χ0) is 30.9. The monoisotopic (exact) mass is 607 g/mol. The Labute approximate surface area is 248 Å². The molecule has 1 aliphatic rings. The first-order valence-corrected chi connectivity index (χ1v) is 15.4. The van der Waals surface area contributed by atoms with E-state index in [4.69, 9.17) is 0 Å². The molecule has 1 unspecified atom stereocenters. The van der Waals surface area contributed by atoms with E-state index in [1.807, 2.05) is 44.2 Å². The number of aromatic amines is 1. The molecule has 43 heavy (non-hydrogen) atoms. The van der Waals surface area contributed by atoms with Gasteiger partial charge in [0, 0.05) is 47.8 Å². The highest BCUT2D eigenvalue weighted by atomic mass is 32.2. The van der Waals surface area contributed by atoms with Crippen molar-refractivity contribution in [2.75, 3.05) is 16.9 Å². The van der Waals surface area contributed by atoms with Gasteiger partial charge in [-0.25, -0.2) is 22.2 Å². The second-order valence-electron chi connectivity index (χ2n) is 11.2. The molecular formula is C31H31F2N5O4S. The number of anilines is 3. The summed E-state index contributed by atoms with van der Waals surface area (Å²) >= 11 is 0. The maximum absolute atomic E-state index is 13.5. The van der Waals surface area contributed by atoms with E-state index >= 15 is 0 Å². The number of nitrogens with one attached hydrogen (secondary N) is 4. The number of carbonyl (C=O) groups excluding carboxylic acids is 2. The summed E-state index contributed by atoms with van der Waals surface area (Å²) in [5, 5.41) is 9.02. The molecule has 0 bridgehead atoms. The molecule has 0 aliphatic carbocycles. The largest absolute Gasteiger partial charge is 0.356 e. The molecule has 9 nitrogen and oxygen atoms in total. The van der Waals surface area contributed by atoms with E-state index in [2.05, 4.69) is 25.9 Å². The average Bonchev–Trinajstić information content (AvgIpc) is 3.29. The molecule has 0 saturated carbocycles.